The predicted octanol–water partition coefficient (Wildman–Crippen LogP) is 3.11. The van der Waals surface area contributed by atoms with Gasteiger partial charge in [0, 0.05) is 29.5 Å². The van der Waals surface area contributed by atoms with Gasteiger partial charge in [-0.2, -0.15) is 4.31 Å². The summed E-state index contributed by atoms with van der Waals surface area (Å²) in [6.45, 7) is 5.01. The first-order chi connectivity index (χ1) is 13.8. The van der Waals surface area contributed by atoms with Gasteiger partial charge in [-0.05, 0) is 49.7 Å². The number of aryl methyl sites for hydroxylation is 1. The van der Waals surface area contributed by atoms with Crippen LogP contribution in [0.25, 0.3) is 0 Å². The molecule has 1 unspecified atom stereocenters. The number of morpholine rings is 1. The van der Waals surface area contributed by atoms with Gasteiger partial charge in [0.1, 0.15) is 6.04 Å². The minimum absolute atomic E-state index is 0.142. The van der Waals surface area contributed by atoms with Crippen molar-refractivity contribution < 1.29 is 17.9 Å². The number of hydrogen-bond acceptors (Lipinski definition) is 5. The topological polar surface area (TPSA) is 87.7 Å². The van der Waals surface area contributed by atoms with Crippen molar-refractivity contribution in [2.24, 2.45) is 0 Å². The number of nitrogens with one attached hydrogen (secondary N) is 2. The summed E-state index contributed by atoms with van der Waals surface area (Å²) in [5, 5.41) is 6.47. The van der Waals surface area contributed by atoms with Gasteiger partial charge >= 0.3 is 0 Å². The van der Waals surface area contributed by atoms with E-state index in [1.165, 1.54) is 16.4 Å². The second kappa shape index (κ2) is 9.13. The average molecular weight is 438 g/mol. The number of sulfonamides is 1. The number of rotatable bonds is 6. The largest absolute Gasteiger partial charge is 0.379 e. The molecule has 0 radical (unpaired) electrons. The third-order valence-corrected chi connectivity index (χ3v) is 6.96. The lowest BCUT2D eigenvalue weighted by atomic mass is 10.2. The zero-order valence-corrected chi connectivity index (χ0v) is 17.9. The van der Waals surface area contributed by atoms with E-state index in [0.29, 0.717) is 37.0 Å². The minimum Gasteiger partial charge on any atom is -0.379 e. The van der Waals surface area contributed by atoms with Gasteiger partial charge in [-0.3, -0.25) is 4.79 Å². The molecule has 1 saturated heterocycles. The Hall–Kier alpha value is -2.13. The summed E-state index contributed by atoms with van der Waals surface area (Å²) >= 11 is 6.12. The van der Waals surface area contributed by atoms with Crippen molar-refractivity contribution in [2.75, 3.05) is 36.9 Å². The van der Waals surface area contributed by atoms with E-state index < -0.39 is 16.1 Å². The van der Waals surface area contributed by atoms with Crippen LogP contribution in [-0.2, 0) is 19.6 Å². The Kier molecular flexibility index (Phi) is 6.79. The second-order valence-corrected chi connectivity index (χ2v) is 9.21. The van der Waals surface area contributed by atoms with Crippen LogP contribution in [0.3, 0.4) is 0 Å². The fraction of sp³-hybridized carbons (Fsp3) is 0.350. The highest BCUT2D eigenvalue weighted by Gasteiger charge is 2.26. The number of carbonyl (C=O) groups is 1. The van der Waals surface area contributed by atoms with E-state index in [-0.39, 0.29) is 10.8 Å². The molecule has 0 spiro atoms. The molecule has 2 aromatic carbocycles. The average Bonchev–Trinajstić information content (AvgIpc) is 2.71. The molecule has 0 aliphatic carbocycles. The molecule has 2 aromatic rings. The van der Waals surface area contributed by atoms with Gasteiger partial charge in [-0.15, -0.1) is 0 Å². The number of ether oxygens (including phenoxy) is 1. The number of carbonyl (C=O) groups excluding carboxylic acids is 1. The molecule has 1 heterocycles. The molecule has 7 nitrogen and oxygen atoms in total. The predicted molar refractivity (Wildman–Crippen MR) is 114 cm³/mol. The monoisotopic (exact) mass is 437 g/mol. The number of hydrogen-bond donors (Lipinski definition) is 2. The van der Waals surface area contributed by atoms with Gasteiger partial charge in [-0.25, -0.2) is 8.42 Å². The molecule has 2 N–H and O–H groups in total. The molecular weight excluding hydrogens is 414 g/mol. The second-order valence-electron chi connectivity index (χ2n) is 6.86. The van der Waals surface area contributed by atoms with E-state index in [1.807, 2.05) is 19.1 Å². The van der Waals surface area contributed by atoms with Crippen LogP contribution in [-0.4, -0.2) is 51.0 Å². The first-order valence-electron chi connectivity index (χ1n) is 9.29. The molecule has 1 aliphatic heterocycles. The van der Waals surface area contributed by atoms with Gasteiger partial charge in [0.2, 0.25) is 15.9 Å². The smallest absolute Gasteiger partial charge is 0.246 e. The molecule has 1 fully saturated rings. The van der Waals surface area contributed by atoms with Crippen molar-refractivity contribution in [3.63, 3.8) is 0 Å². The number of amides is 1. The van der Waals surface area contributed by atoms with Gasteiger partial charge in [0.25, 0.3) is 0 Å². The van der Waals surface area contributed by atoms with Crippen molar-refractivity contribution in [2.45, 2.75) is 24.8 Å². The van der Waals surface area contributed by atoms with Crippen molar-refractivity contribution in [1.82, 2.24) is 4.31 Å². The zero-order chi connectivity index (χ0) is 21.0. The highest BCUT2D eigenvalue weighted by molar-refractivity contribution is 7.89. The Labute approximate surface area is 176 Å². The zero-order valence-electron chi connectivity index (χ0n) is 16.3. The quantitative estimate of drug-likeness (QED) is 0.725. The van der Waals surface area contributed by atoms with E-state index in [1.54, 1.807) is 25.1 Å². The van der Waals surface area contributed by atoms with Crippen LogP contribution in [0.4, 0.5) is 11.4 Å². The van der Waals surface area contributed by atoms with Gasteiger partial charge < -0.3 is 15.4 Å². The molecule has 0 saturated carbocycles. The summed E-state index contributed by atoms with van der Waals surface area (Å²) in [7, 11) is -3.63. The van der Waals surface area contributed by atoms with E-state index in [9.17, 15) is 13.2 Å². The number of benzene rings is 2. The lowest BCUT2D eigenvalue weighted by molar-refractivity contribution is -0.116. The maximum Gasteiger partial charge on any atom is 0.246 e. The van der Waals surface area contributed by atoms with E-state index in [4.69, 9.17) is 16.3 Å². The fourth-order valence-electron chi connectivity index (χ4n) is 2.92. The number of anilines is 2. The van der Waals surface area contributed by atoms with Crippen LogP contribution >= 0.6 is 11.6 Å². The van der Waals surface area contributed by atoms with E-state index >= 15 is 0 Å². The molecule has 9 heteroatoms. The molecule has 1 aliphatic rings. The standard InChI is InChI=1S/C20H24ClN3O4S/c1-14-6-7-17(13-19(14)21)22-15(2)20(25)23-16-4-3-5-18(12-16)29(26,27)24-8-10-28-11-9-24/h3-7,12-13,15,22H,8-11H2,1-2H3,(H,23,25). The first-order valence-corrected chi connectivity index (χ1v) is 11.1. The Morgan fingerprint density at radius 2 is 1.86 bits per heavy atom. The molecule has 3 rings (SSSR count). The third kappa shape index (κ3) is 5.27. The molecule has 156 valence electrons. The highest BCUT2D eigenvalue weighted by atomic mass is 35.5. The summed E-state index contributed by atoms with van der Waals surface area (Å²) in [6.07, 6.45) is 0. The molecule has 0 aromatic heterocycles. The van der Waals surface area contributed by atoms with Gasteiger partial charge in [0.05, 0.1) is 18.1 Å². The fourth-order valence-corrected chi connectivity index (χ4v) is 4.55. The number of halogens is 1. The molecular formula is C20H24ClN3O4S. The lowest BCUT2D eigenvalue weighted by Crippen LogP contribution is -2.40. The van der Waals surface area contributed by atoms with E-state index in [2.05, 4.69) is 10.6 Å². The Balaban J connectivity index is 1.68. The summed E-state index contributed by atoms with van der Waals surface area (Å²) in [5.41, 5.74) is 2.10. The van der Waals surface area contributed by atoms with Crippen LogP contribution in [0, 0.1) is 6.92 Å². The van der Waals surface area contributed by atoms with Crippen LogP contribution in [0.2, 0.25) is 5.02 Å². The Morgan fingerprint density at radius 3 is 2.55 bits per heavy atom. The summed E-state index contributed by atoms with van der Waals surface area (Å²) in [6, 6.07) is 11.2. The van der Waals surface area contributed by atoms with Crippen molar-refractivity contribution in [3.05, 3.63) is 53.1 Å². The Bertz CT molecular complexity index is 991. The molecule has 0 bridgehead atoms. The van der Waals surface area contributed by atoms with Gasteiger partial charge in [-0.1, -0.05) is 23.7 Å². The first kappa shape index (κ1) is 21.6. The van der Waals surface area contributed by atoms with Crippen molar-refractivity contribution >= 4 is 38.9 Å². The highest BCUT2D eigenvalue weighted by Crippen LogP contribution is 2.22. The normalized spacial score (nSPS) is 16.2. The van der Waals surface area contributed by atoms with Crippen molar-refractivity contribution in [1.29, 1.82) is 0 Å². The molecule has 1 amide bonds. The van der Waals surface area contributed by atoms with Crippen LogP contribution in [0.15, 0.2) is 47.4 Å². The Morgan fingerprint density at radius 1 is 1.14 bits per heavy atom. The SMILES string of the molecule is Cc1ccc(NC(C)C(=O)Nc2cccc(S(=O)(=O)N3CCOCC3)c2)cc1Cl. The minimum atomic E-state index is -3.63. The molecule has 1 atom stereocenters. The maximum absolute atomic E-state index is 12.8. The van der Waals surface area contributed by atoms with E-state index in [0.717, 1.165) is 11.3 Å². The third-order valence-electron chi connectivity index (χ3n) is 4.66. The summed E-state index contributed by atoms with van der Waals surface area (Å²) in [4.78, 5) is 12.7. The maximum atomic E-state index is 12.8. The lowest BCUT2D eigenvalue weighted by Gasteiger charge is -2.26. The molecule has 29 heavy (non-hydrogen) atoms. The van der Waals surface area contributed by atoms with Crippen LogP contribution < -0.4 is 10.6 Å². The van der Waals surface area contributed by atoms with Gasteiger partial charge in [0.15, 0.2) is 0 Å². The summed E-state index contributed by atoms with van der Waals surface area (Å²) in [5.74, 6) is -0.289. The van der Waals surface area contributed by atoms with Crippen LogP contribution in [0.1, 0.15) is 12.5 Å². The number of nitrogens with zero attached hydrogens (tertiary/aromatic N) is 1. The summed E-state index contributed by atoms with van der Waals surface area (Å²) < 4.78 is 32.2. The van der Waals surface area contributed by atoms with Crippen LogP contribution in [0.5, 0.6) is 0 Å². The van der Waals surface area contributed by atoms with Crippen molar-refractivity contribution in [3.8, 4) is 0 Å².